The number of aryl methyl sites for hydroxylation is 1. The first-order chi connectivity index (χ1) is 12.1. The Morgan fingerprint density at radius 1 is 1.24 bits per heavy atom. The molecule has 3 heterocycles. The van der Waals surface area contributed by atoms with Crippen LogP contribution in [0.2, 0.25) is 0 Å². The van der Waals surface area contributed by atoms with E-state index in [9.17, 15) is 9.59 Å². The molecule has 0 bridgehead atoms. The fourth-order valence-electron chi connectivity index (χ4n) is 3.37. The molecule has 0 spiro atoms. The van der Waals surface area contributed by atoms with E-state index >= 15 is 0 Å². The second kappa shape index (κ2) is 6.08. The third-order valence-corrected chi connectivity index (χ3v) is 4.56. The van der Waals surface area contributed by atoms with E-state index in [4.69, 9.17) is 5.11 Å². The zero-order valence-electron chi connectivity index (χ0n) is 13.6. The number of hydrogen-bond donors (Lipinski definition) is 2. The summed E-state index contributed by atoms with van der Waals surface area (Å²) in [7, 11) is 0. The fourth-order valence-corrected chi connectivity index (χ4v) is 3.37. The highest BCUT2D eigenvalue weighted by Crippen LogP contribution is 2.23. The average molecular weight is 338 g/mol. The monoisotopic (exact) mass is 338 g/mol. The maximum absolute atomic E-state index is 12.6. The van der Waals surface area contributed by atoms with Gasteiger partial charge in [-0.3, -0.25) is 14.3 Å². The Kier molecular flexibility index (Phi) is 3.76. The van der Waals surface area contributed by atoms with E-state index in [1.807, 2.05) is 22.9 Å². The van der Waals surface area contributed by atoms with Crippen LogP contribution in [-0.2, 0) is 24.3 Å². The smallest absolute Gasteiger partial charge is 0.323 e. The van der Waals surface area contributed by atoms with Crippen LogP contribution in [0.5, 0.6) is 0 Å². The fraction of sp³-hybridized carbons (Fsp3) is 0.278. The van der Waals surface area contributed by atoms with Gasteiger partial charge in [-0.25, -0.2) is 0 Å². The lowest BCUT2D eigenvalue weighted by Crippen LogP contribution is -2.17. The van der Waals surface area contributed by atoms with Gasteiger partial charge in [0, 0.05) is 29.3 Å². The van der Waals surface area contributed by atoms with E-state index in [1.165, 1.54) is 0 Å². The molecule has 3 aromatic rings. The number of benzene rings is 1. The van der Waals surface area contributed by atoms with Crippen molar-refractivity contribution in [2.24, 2.45) is 0 Å². The van der Waals surface area contributed by atoms with E-state index in [0.717, 1.165) is 42.4 Å². The molecule has 0 saturated heterocycles. The summed E-state index contributed by atoms with van der Waals surface area (Å²) in [6, 6.07) is 7.30. The van der Waals surface area contributed by atoms with Crippen LogP contribution in [0, 0.1) is 0 Å². The van der Waals surface area contributed by atoms with E-state index in [1.54, 1.807) is 23.0 Å². The molecule has 0 atom stereocenters. The van der Waals surface area contributed by atoms with Gasteiger partial charge in [0.2, 0.25) is 0 Å². The molecule has 0 fully saturated rings. The summed E-state index contributed by atoms with van der Waals surface area (Å²) in [5.74, 6) is -1.05. The van der Waals surface area contributed by atoms with Crippen molar-refractivity contribution < 1.29 is 14.7 Å². The summed E-state index contributed by atoms with van der Waals surface area (Å²) in [6.45, 7) is 0.781. The number of hydrogen-bond acceptors (Lipinski definition) is 3. The van der Waals surface area contributed by atoms with Gasteiger partial charge in [-0.05, 0) is 43.5 Å². The maximum Gasteiger partial charge on any atom is 0.323 e. The maximum atomic E-state index is 12.6. The first-order valence-corrected chi connectivity index (χ1v) is 8.28. The second-order valence-electron chi connectivity index (χ2n) is 6.25. The summed E-state index contributed by atoms with van der Waals surface area (Å²) in [4.78, 5) is 23.5. The normalized spacial score (nSPS) is 13.6. The number of rotatable bonds is 4. The van der Waals surface area contributed by atoms with E-state index in [-0.39, 0.29) is 12.5 Å². The van der Waals surface area contributed by atoms with Gasteiger partial charge in [0.25, 0.3) is 5.91 Å². The van der Waals surface area contributed by atoms with Crippen LogP contribution >= 0.6 is 0 Å². The Balaban J connectivity index is 1.57. The molecule has 1 aromatic carbocycles. The summed E-state index contributed by atoms with van der Waals surface area (Å²) in [6.07, 6.45) is 6.42. The van der Waals surface area contributed by atoms with Crippen LogP contribution in [0.1, 0.15) is 28.9 Å². The molecule has 1 aliphatic rings. The van der Waals surface area contributed by atoms with E-state index in [2.05, 4.69) is 10.4 Å². The molecule has 2 N–H and O–H groups in total. The molecule has 1 aliphatic heterocycles. The lowest BCUT2D eigenvalue weighted by Gasteiger charge is -2.14. The molecule has 7 nitrogen and oxygen atoms in total. The SMILES string of the molecule is O=C(O)Cn1ccc2cc(NC(=O)c3cnn4c3CCCC4)ccc21. The molecular formula is C18H18N4O3. The number of nitrogens with one attached hydrogen (secondary N) is 1. The molecule has 0 aliphatic carbocycles. The lowest BCUT2D eigenvalue weighted by atomic mass is 10.1. The quantitative estimate of drug-likeness (QED) is 0.765. The first-order valence-electron chi connectivity index (χ1n) is 8.28. The van der Waals surface area contributed by atoms with Crippen LogP contribution in [-0.4, -0.2) is 31.3 Å². The Morgan fingerprint density at radius 3 is 2.96 bits per heavy atom. The highest BCUT2D eigenvalue weighted by Gasteiger charge is 2.20. The van der Waals surface area contributed by atoms with Crippen molar-refractivity contribution in [1.82, 2.24) is 14.3 Å². The average Bonchev–Trinajstić information content (AvgIpc) is 3.18. The minimum absolute atomic E-state index is 0.0856. The van der Waals surface area contributed by atoms with Gasteiger partial charge in [-0.2, -0.15) is 5.10 Å². The number of carboxylic acids is 1. The summed E-state index contributed by atoms with van der Waals surface area (Å²) in [5.41, 5.74) is 3.13. The van der Waals surface area contributed by atoms with Gasteiger partial charge in [-0.15, -0.1) is 0 Å². The number of aromatic nitrogens is 3. The molecule has 25 heavy (non-hydrogen) atoms. The molecule has 0 radical (unpaired) electrons. The van der Waals surface area contributed by atoms with Crippen molar-refractivity contribution in [2.45, 2.75) is 32.4 Å². The van der Waals surface area contributed by atoms with Gasteiger partial charge in [0.15, 0.2) is 0 Å². The van der Waals surface area contributed by atoms with Crippen molar-refractivity contribution >= 4 is 28.5 Å². The predicted octanol–water partition coefficient (Wildman–Crippen LogP) is 2.51. The molecular weight excluding hydrogens is 320 g/mol. The third-order valence-electron chi connectivity index (χ3n) is 4.56. The summed E-state index contributed by atoms with van der Waals surface area (Å²) < 4.78 is 3.57. The Hall–Kier alpha value is -3.09. The number of carboxylic acid groups (broad SMARTS) is 1. The van der Waals surface area contributed by atoms with E-state index < -0.39 is 5.97 Å². The summed E-state index contributed by atoms with van der Waals surface area (Å²) in [5, 5.41) is 17.0. The van der Waals surface area contributed by atoms with Crippen molar-refractivity contribution in [1.29, 1.82) is 0 Å². The standard InChI is InChI=1S/C18H18N4O3/c23-17(24)11-21-8-6-12-9-13(4-5-15(12)21)20-18(25)14-10-19-22-7-2-1-3-16(14)22/h4-6,8-10H,1-3,7,11H2,(H,20,25)(H,23,24). The first kappa shape index (κ1) is 15.4. The molecule has 1 amide bonds. The molecule has 0 saturated carbocycles. The highest BCUT2D eigenvalue weighted by atomic mass is 16.4. The van der Waals surface area contributed by atoms with E-state index in [0.29, 0.717) is 11.3 Å². The topological polar surface area (TPSA) is 89.2 Å². The number of carbonyl (C=O) groups is 2. The van der Waals surface area contributed by atoms with Gasteiger partial charge in [0.1, 0.15) is 6.54 Å². The predicted molar refractivity (Wildman–Crippen MR) is 92.7 cm³/mol. The van der Waals surface area contributed by atoms with Crippen LogP contribution < -0.4 is 5.32 Å². The summed E-state index contributed by atoms with van der Waals surface area (Å²) >= 11 is 0. The van der Waals surface area contributed by atoms with Crippen LogP contribution in [0.3, 0.4) is 0 Å². The number of fused-ring (bicyclic) bond motifs is 2. The Labute approximate surface area is 143 Å². The number of nitrogens with zero attached hydrogens (tertiary/aromatic N) is 3. The van der Waals surface area contributed by atoms with Crippen molar-refractivity contribution in [2.75, 3.05) is 5.32 Å². The lowest BCUT2D eigenvalue weighted by molar-refractivity contribution is -0.137. The zero-order chi connectivity index (χ0) is 17.4. The van der Waals surface area contributed by atoms with Crippen molar-refractivity contribution in [3.63, 3.8) is 0 Å². The molecule has 0 unspecified atom stereocenters. The van der Waals surface area contributed by atoms with Crippen LogP contribution in [0.15, 0.2) is 36.7 Å². The van der Waals surface area contributed by atoms with Crippen LogP contribution in [0.4, 0.5) is 5.69 Å². The molecule has 4 rings (SSSR count). The number of anilines is 1. The minimum atomic E-state index is -0.888. The minimum Gasteiger partial charge on any atom is -0.480 e. The Bertz CT molecular complexity index is 970. The zero-order valence-corrected chi connectivity index (χ0v) is 13.6. The number of aliphatic carboxylic acids is 1. The number of amides is 1. The van der Waals surface area contributed by atoms with Gasteiger partial charge in [0.05, 0.1) is 17.5 Å². The van der Waals surface area contributed by atoms with Crippen molar-refractivity contribution in [3.8, 4) is 0 Å². The van der Waals surface area contributed by atoms with Gasteiger partial charge < -0.3 is 15.0 Å². The second-order valence-corrected chi connectivity index (χ2v) is 6.25. The van der Waals surface area contributed by atoms with Gasteiger partial charge >= 0.3 is 5.97 Å². The Morgan fingerprint density at radius 2 is 2.12 bits per heavy atom. The molecule has 128 valence electrons. The number of carbonyl (C=O) groups excluding carboxylic acids is 1. The third kappa shape index (κ3) is 2.88. The molecule has 7 heteroatoms. The highest BCUT2D eigenvalue weighted by molar-refractivity contribution is 6.05. The van der Waals surface area contributed by atoms with Crippen LogP contribution in [0.25, 0.3) is 10.9 Å². The van der Waals surface area contributed by atoms with Gasteiger partial charge in [-0.1, -0.05) is 0 Å². The van der Waals surface area contributed by atoms with Crippen molar-refractivity contribution in [3.05, 3.63) is 47.9 Å². The largest absolute Gasteiger partial charge is 0.480 e. The molecule has 2 aromatic heterocycles.